The van der Waals surface area contributed by atoms with Crippen LogP contribution < -0.4 is 0 Å². The molecule has 0 aliphatic carbocycles. The third-order valence-corrected chi connectivity index (χ3v) is 1.83. The van der Waals surface area contributed by atoms with Gasteiger partial charge in [-0.15, -0.1) is 0 Å². The van der Waals surface area contributed by atoms with Crippen LogP contribution in [-0.2, 0) is 4.79 Å². The smallest absolute Gasteiger partial charge is 0.330 e. The molecule has 0 spiro atoms. The molecule has 0 aliphatic heterocycles. The molecule has 0 aromatic rings. The number of halogens is 3. The molecule has 0 heterocycles. The number of hydrogen-bond acceptors (Lipinski definition) is 2. The number of alkyl halides is 3. The SMILES string of the molecule is CC(S)C(=O)N(CC(F)(F)F)C(C)C. The Labute approximate surface area is 86.9 Å². The highest BCUT2D eigenvalue weighted by atomic mass is 32.1. The van der Waals surface area contributed by atoms with E-state index in [1.807, 2.05) is 0 Å². The highest BCUT2D eigenvalue weighted by Crippen LogP contribution is 2.19. The maximum absolute atomic E-state index is 12.1. The van der Waals surface area contributed by atoms with Crippen LogP contribution in [0, 0.1) is 0 Å². The molecule has 6 heteroatoms. The Morgan fingerprint density at radius 2 is 1.79 bits per heavy atom. The Hall–Kier alpha value is -0.390. The van der Waals surface area contributed by atoms with Gasteiger partial charge in [0.25, 0.3) is 0 Å². The zero-order chi connectivity index (χ0) is 11.5. The van der Waals surface area contributed by atoms with E-state index in [1.54, 1.807) is 13.8 Å². The number of rotatable bonds is 3. The quantitative estimate of drug-likeness (QED) is 0.735. The van der Waals surface area contributed by atoms with Crippen LogP contribution in [0.5, 0.6) is 0 Å². The molecule has 0 aliphatic rings. The molecule has 1 atom stereocenters. The van der Waals surface area contributed by atoms with Crippen molar-refractivity contribution in [2.45, 2.75) is 38.2 Å². The van der Waals surface area contributed by atoms with Gasteiger partial charge in [-0.05, 0) is 20.8 Å². The van der Waals surface area contributed by atoms with Crippen molar-refractivity contribution >= 4 is 18.5 Å². The summed E-state index contributed by atoms with van der Waals surface area (Å²) in [5.41, 5.74) is 0. The van der Waals surface area contributed by atoms with Crippen molar-refractivity contribution in [3.8, 4) is 0 Å². The Kier molecular flexibility index (Phi) is 4.77. The second kappa shape index (κ2) is 4.91. The van der Waals surface area contributed by atoms with E-state index in [0.717, 1.165) is 4.90 Å². The maximum Gasteiger partial charge on any atom is 0.406 e. The summed E-state index contributed by atoms with van der Waals surface area (Å²) in [6, 6.07) is -0.473. The number of nitrogens with zero attached hydrogens (tertiary/aromatic N) is 1. The van der Waals surface area contributed by atoms with E-state index >= 15 is 0 Å². The second-order valence-corrected chi connectivity index (χ2v) is 4.13. The molecular weight excluding hydrogens is 215 g/mol. The first-order chi connectivity index (χ1) is 6.15. The van der Waals surface area contributed by atoms with Crippen LogP contribution in [0.2, 0.25) is 0 Å². The van der Waals surface area contributed by atoms with Crippen molar-refractivity contribution in [3.05, 3.63) is 0 Å². The van der Waals surface area contributed by atoms with Gasteiger partial charge >= 0.3 is 6.18 Å². The van der Waals surface area contributed by atoms with Crippen molar-refractivity contribution in [2.24, 2.45) is 0 Å². The molecule has 0 N–H and O–H groups in total. The number of thiol groups is 1. The number of carbonyl (C=O) groups is 1. The first kappa shape index (κ1) is 13.6. The van der Waals surface area contributed by atoms with Gasteiger partial charge in [0.15, 0.2) is 0 Å². The summed E-state index contributed by atoms with van der Waals surface area (Å²) in [7, 11) is 0. The van der Waals surface area contributed by atoms with Gasteiger partial charge in [-0.2, -0.15) is 25.8 Å². The van der Waals surface area contributed by atoms with Crippen molar-refractivity contribution in [1.29, 1.82) is 0 Å². The topological polar surface area (TPSA) is 20.3 Å². The third kappa shape index (κ3) is 4.74. The van der Waals surface area contributed by atoms with Crippen LogP contribution in [0.3, 0.4) is 0 Å². The van der Waals surface area contributed by atoms with Crippen molar-refractivity contribution in [1.82, 2.24) is 4.90 Å². The van der Waals surface area contributed by atoms with Crippen LogP contribution in [0.15, 0.2) is 0 Å². The Morgan fingerprint density at radius 3 is 2.00 bits per heavy atom. The molecule has 0 aromatic heterocycles. The van der Waals surface area contributed by atoms with Gasteiger partial charge in [0.2, 0.25) is 5.91 Å². The van der Waals surface area contributed by atoms with Crippen molar-refractivity contribution in [2.75, 3.05) is 6.54 Å². The molecular formula is C8H14F3NOS. The zero-order valence-corrected chi connectivity index (χ0v) is 9.19. The van der Waals surface area contributed by atoms with Gasteiger partial charge in [0, 0.05) is 6.04 Å². The summed E-state index contributed by atoms with van der Waals surface area (Å²) < 4.78 is 36.2. The zero-order valence-electron chi connectivity index (χ0n) is 8.30. The van der Waals surface area contributed by atoms with Crippen LogP contribution in [-0.4, -0.2) is 34.8 Å². The molecule has 14 heavy (non-hydrogen) atoms. The van der Waals surface area contributed by atoms with E-state index in [0.29, 0.717) is 0 Å². The lowest BCUT2D eigenvalue weighted by Gasteiger charge is -2.28. The fourth-order valence-electron chi connectivity index (χ4n) is 0.948. The van der Waals surface area contributed by atoms with Crippen LogP contribution in [0.25, 0.3) is 0 Å². The molecule has 0 fully saturated rings. The number of amides is 1. The fraction of sp³-hybridized carbons (Fsp3) is 0.875. The molecule has 2 nitrogen and oxygen atoms in total. The van der Waals surface area contributed by atoms with Crippen molar-refractivity contribution < 1.29 is 18.0 Å². The van der Waals surface area contributed by atoms with Gasteiger partial charge in [0.05, 0.1) is 5.25 Å². The standard InChI is InChI=1S/C8H14F3NOS/c1-5(2)12(4-8(9,10)11)7(13)6(3)14/h5-6,14H,4H2,1-3H3. The number of carbonyl (C=O) groups excluding carboxylic acids is 1. The molecule has 0 bridgehead atoms. The first-order valence-electron chi connectivity index (χ1n) is 4.20. The van der Waals surface area contributed by atoms with E-state index < -0.39 is 29.9 Å². The minimum absolute atomic E-state index is 0.473. The Bertz CT molecular complexity index is 203. The summed E-state index contributed by atoms with van der Waals surface area (Å²) in [5.74, 6) is -0.597. The average Bonchev–Trinajstić information content (AvgIpc) is 1.96. The predicted octanol–water partition coefficient (Wildman–Crippen LogP) is 2.10. The monoisotopic (exact) mass is 229 g/mol. The summed E-state index contributed by atoms with van der Waals surface area (Å²) in [6.45, 7) is 3.32. The van der Waals surface area contributed by atoms with Crippen LogP contribution in [0.4, 0.5) is 13.2 Å². The van der Waals surface area contributed by atoms with Gasteiger partial charge < -0.3 is 4.90 Å². The predicted molar refractivity (Wildman–Crippen MR) is 51.4 cm³/mol. The largest absolute Gasteiger partial charge is 0.406 e. The third-order valence-electron chi connectivity index (χ3n) is 1.61. The summed E-state index contributed by atoms with van der Waals surface area (Å²) in [6.07, 6.45) is -4.36. The molecule has 84 valence electrons. The second-order valence-electron chi connectivity index (χ2n) is 3.35. The van der Waals surface area contributed by atoms with Crippen LogP contribution in [0.1, 0.15) is 20.8 Å². The van der Waals surface area contributed by atoms with E-state index in [9.17, 15) is 18.0 Å². The van der Waals surface area contributed by atoms with Gasteiger partial charge in [-0.1, -0.05) is 0 Å². The summed E-state index contributed by atoms with van der Waals surface area (Å²) in [4.78, 5) is 12.1. The highest BCUT2D eigenvalue weighted by molar-refractivity contribution is 7.81. The Balaban J connectivity index is 4.54. The van der Waals surface area contributed by atoms with Gasteiger partial charge in [0.1, 0.15) is 6.54 Å². The number of hydrogen-bond donors (Lipinski definition) is 1. The molecule has 1 unspecified atom stereocenters. The fourth-order valence-corrected chi connectivity index (χ4v) is 1.10. The maximum atomic E-state index is 12.1. The van der Waals surface area contributed by atoms with Gasteiger partial charge in [-0.25, -0.2) is 0 Å². The van der Waals surface area contributed by atoms with Crippen LogP contribution >= 0.6 is 12.6 Å². The lowest BCUT2D eigenvalue weighted by Crippen LogP contribution is -2.46. The molecule has 0 saturated heterocycles. The Morgan fingerprint density at radius 1 is 1.36 bits per heavy atom. The minimum atomic E-state index is -4.36. The molecule has 0 rings (SSSR count). The molecule has 0 saturated carbocycles. The van der Waals surface area contributed by atoms with Crippen molar-refractivity contribution in [3.63, 3.8) is 0 Å². The first-order valence-corrected chi connectivity index (χ1v) is 4.72. The van der Waals surface area contributed by atoms with E-state index in [1.165, 1.54) is 6.92 Å². The lowest BCUT2D eigenvalue weighted by molar-refractivity contribution is -0.164. The summed E-state index contributed by atoms with van der Waals surface area (Å²) >= 11 is 3.82. The van der Waals surface area contributed by atoms with E-state index in [4.69, 9.17) is 0 Å². The lowest BCUT2D eigenvalue weighted by atomic mass is 10.2. The normalized spacial score (nSPS) is 14.3. The summed E-state index contributed by atoms with van der Waals surface area (Å²) in [5, 5.41) is -0.709. The van der Waals surface area contributed by atoms with E-state index in [2.05, 4.69) is 12.6 Å². The van der Waals surface area contributed by atoms with Gasteiger partial charge in [-0.3, -0.25) is 4.79 Å². The molecule has 0 radical (unpaired) electrons. The minimum Gasteiger partial charge on any atom is -0.330 e. The van der Waals surface area contributed by atoms with E-state index in [-0.39, 0.29) is 0 Å². The average molecular weight is 229 g/mol. The molecule has 1 amide bonds. The molecule has 0 aromatic carbocycles. The highest BCUT2D eigenvalue weighted by Gasteiger charge is 2.34.